The van der Waals surface area contributed by atoms with Crippen LogP contribution < -0.4 is 26.9 Å². The van der Waals surface area contributed by atoms with Gasteiger partial charge in [-0.2, -0.15) is 5.26 Å². The summed E-state index contributed by atoms with van der Waals surface area (Å²) in [6.45, 7) is 2.31. The van der Waals surface area contributed by atoms with Gasteiger partial charge in [0, 0.05) is 12.7 Å². The van der Waals surface area contributed by atoms with Crippen molar-refractivity contribution in [3.8, 4) is 6.07 Å². The van der Waals surface area contributed by atoms with E-state index in [0.717, 1.165) is 5.56 Å². The number of nitrogens with zero attached hydrogens (tertiary/aromatic N) is 3. The summed E-state index contributed by atoms with van der Waals surface area (Å²) in [4.78, 5) is 17.6. The molecule has 148 valence electrons. The molecule has 0 aliphatic rings. The van der Waals surface area contributed by atoms with Crippen LogP contribution >= 0.6 is 12.2 Å². The molecular weight excluding hydrogens is 396 g/mol. The Labute approximate surface area is 177 Å². The summed E-state index contributed by atoms with van der Waals surface area (Å²) in [6.07, 6.45) is 1.52. The van der Waals surface area contributed by atoms with E-state index in [2.05, 4.69) is 27.2 Å². The van der Waals surface area contributed by atoms with Crippen molar-refractivity contribution in [1.82, 2.24) is 25.6 Å². The molecule has 0 atom stereocenters. The number of para-hydroxylation sites is 2. The minimum absolute atomic E-state index is 0.257. The SMILES string of the molecule is Cc1c(C#N)c2nc3ccccc3n2c(=O)c1=CNNC(=S)NCc1ccccc1. The summed E-state index contributed by atoms with van der Waals surface area (Å²) in [5.74, 6) is 0. The first-order valence-corrected chi connectivity index (χ1v) is 9.68. The molecule has 0 fully saturated rings. The van der Waals surface area contributed by atoms with E-state index in [-0.39, 0.29) is 5.56 Å². The van der Waals surface area contributed by atoms with E-state index in [9.17, 15) is 10.1 Å². The van der Waals surface area contributed by atoms with E-state index >= 15 is 0 Å². The molecule has 2 aromatic carbocycles. The number of thiocarbonyl (C=S) groups is 1. The average Bonchev–Trinajstić information content (AvgIpc) is 3.15. The summed E-state index contributed by atoms with van der Waals surface area (Å²) in [5, 5.41) is 13.5. The van der Waals surface area contributed by atoms with Gasteiger partial charge >= 0.3 is 0 Å². The molecule has 3 N–H and O–H groups in total. The first-order chi connectivity index (χ1) is 14.6. The first kappa shape index (κ1) is 19.4. The second kappa shape index (κ2) is 8.19. The number of hydrazine groups is 1. The molecule has 0 bridgehead atoms. The zero-order valence-corrected chi connectivity index (χ0v) is 17.0. The van der Waals surface area contributed by atoms with Gasteiger partial charge in [0.15, 0.2) is 10.8 Å². The zero-order valence-electron chi connectivity index (χ0n) is 16.1. The Bertz CT molecular complexity index is 1410. The van der Waals surface area contributed by atoms with E-state index < -0.39 is 0 Å². The monoisotopic (exact) mass is 414 g/mol. The molecule has 4 aromatic rings. The molecule has 2 aromatic heterocycles. The molecule has 0 saturated carbocycles. The van der Waals surface area contributed by atoms with Crippen LogP contribution in [0.3, 0.4) is 0 Å². The number of imidazole rings is 1. The number of hydrogen-bond acceptors (Lipinski definition) is 5. The molecular formula is C22H18N6OS. The van der Waals surface area contributed by atoms with Crippen LogP contribution in [0.5, 0.6) is 0 Å². The Hall–Kier alpha value is -3.96. The van der Waals surface area contributed by atoms with Crippen molar-refractivity contribution in [3.05, 3.63) is 86.9 Å². The fourth-order valence-corrected chi connectivity index (χ4v) is 3.41. The molecule has 4 rings (SSSR count). The molecule has 0 saturated heterocycles. The predicted octanol–water partition coefficient (Wildman–Crippen LogP) is 1.65. The maximum atomic E-state index is 13.1. The number of nitriles is 1. The second-order valence-corrected chi connectivity index (χ2v) is 7.08. The second-order valence-electron chi connectivity index (χ2n) is 6.67. The van der Waals surface area contributed by atoms with Crippen LogP contribution in [0.2, 0.25) is 0 Å². The third-order valence-corrected chi connectivity index (χ3v) is 5.05. The van der Waals surface area contributed by atoms with Gasteiger partial charge in [-0.05, 0) is 42.4 Å². The lowest BCUT2D eigenvalue weighted by molar-refractivity contribution is 0.799. The van der Waals surface area contributed by atoms with Crippen molar-refractivity contribution in [3.63, 3.8) is 0 Å². The molecule has 8 heteroatoms. The molecule has 0 amide bonds. The fraction of sp³-hybridized carbons (Fsp3) is 0.0909. The van der Waals surface area contributed by atoms with Crippen molar-refractivity contribution in [2.45, 2.75) is 13.5 Å². The first-order valence-electron chi connectivity index (χ1n) is 9.27. The van der Waals surface area contributed by atoms with Crippen molar-refractivity contribution < 1.29 is 0 Å². The van der Waals surface area contributed by atoms with Gasteiger partial charge in [0.05, 0.1) is 21.8 Å². The van der Waals surface area contributed by atoms with E-state index in [1.54, 1.807) is 6.92 Å². The number of rotatable bonds is 4. The zero-order chi connectivity index (χ0) is 21.1. The van der Waals surface area contributed by atoms with Gasteiger partial charge in [0.1, 0.15) is 6.07 Å². The van der Waals surface area contributed by atoms with Crippen LogP contribution in [0.15, 0.2) is 59.4 Å². The molecule has 2 heterocycles. The predicted molar refractivity (Wildman–Crippen MR) is 120 cm³/mol. The van der Waals surface area contributed by atoms with Crippen molar-refractivity contribution >= 4 is 40.2 Å². The molecule has 0 aliphatic carbocycles. The fourth-order valence-electron chi connectivity index (χ4n) is 3.28. The number of fused-ring (bicyclic) bond motifs is 3. The van der Waals surface area contributed by atoms with Crippen molar-refractivity contribution in [2.24, 2.45) is 0 Å². The standard InChI is InChI=1S/C22H18N6OS/c1-14-16(11-23)20-26-18-9-5-6-10-19(18)28(20)21(29)17(14)13-25-27-22(30)24-12-15-7-3-2-4-8-15/h2-10,13,25H,12H2,1H3,(H2,24,27,30). The molecule has 30 heavy (non-hydrogen) atoms. The largest absolute Gasteiger partial charge is 0.357 e. The van der Waals surface area contributed by atoms with Crippen molar-refractivity contribution in [1.29, 1.82) is 5.26 Å². The summed E-state index contributed by atoms with van der Waals surface area (Å²) in [6, 6.07) is 19.4. The van der Waals surface area contributed by atoms with Crippen LogP contribution in [-0.2, 0) is 6.54 Å². The quantitative estimate of drug-likeness (QED) is 0.345. The third kappa shape index (κ3) is 3.54. The summed E-state index contributed by atoms with van der Waals surface area (Å²) < 4.78 is 1.47. The molecule has 0 spiro atoms. The Morgan fingerprint density at radius 2 is 1.93 bits per heavy atom. The normalized spacial score (nSPS) is 11.4. The van der Waals surface area contributed by atoms with Gasteiger partial charge in [-0.25, -0.2) is 4.98 Å². The minimum Gasteiger partial charge on any atom is -0.357 e. The molecule has 0 radical (unpaired) electrons. The lowest BCUT2D eigenvalue weighted by atomic mass is 10.1. The lowest BCUT2D eigenvalue weighted by Crippen LogP contribution is -2.44. The Morgan fingerprint density at radius 3 is 2.70 bits per heavy atom. The number of aromatic nitrogens is 2. The van der Waals surface area contributed by atoms with Crippen LogP contribution in [0, 0.1) is 18.3 Å². The molecule has 0 unspecified atom stereocenters. The van der Waals surface area contributed by atoms with Gasteiger partial charge in [0.25, 0.3) is 5.56 Å². The highest BCUT2D eigenvalue weighted by Crippen LogP contribution is 2.17. The smallest absolute Gasteiger partial charge is 0.265 e. The molecule has 7 nitrogen and oxygen atoms in total. The van der Waals surface area contributed by atoms with Crippen molar-refractivity contribution in [2.75, 3.05) is 0 Å². The highest BCUT2D eigenvalue weighted by molar-refractivity contribution is 7.80. The summed E-state index contributed by atoms with van der Waals surface area (Å²) >= 11 is 5.26. The van der Waals surface area contributed by atoms with Gasteiger partial charge < -0.3 is 10.7 Å². The lowest BCUT2D eigenvalue weighted by Gasteiger charge is -2.10. The maximum Gasteiger partial charge on any atom is 0.265 e. The van der Waals surface area contributed by atoms with Gasteiger partial charge in [-0.15, -0.1) is 0 Å². The number of benzene rings is 2. The van der Waals surface area contributed by atoms with Gasteiger partial charge in [-0.3, -0.25) is 14.6 Å². The van der Waals surface area contributed by atoms with E-state index in [1.807, 2.05) is 54.6 Å². The van der Waals surface area contributed by atoms with E-state index in [1.165, 1.54) is 10.6 Å². The minimum atomic E-state index is -0.257. The highest BCUT2D eigenvalue weighted by atomic mass is 32.1. The summed E-state index contributed by atoms with van der Waals surface area (Å²) in [7, 11) is 0. The average molecular weight is 414 g/mol. The van der Waals surface area contributed by atoms with Crippen LogP contribution in [0.1, 0.15) is 16.7 Å². The topological polar surface area (TPSA) is 94.2 Å². The van der Waals surface area contributed by atoms with Crippen LogP contribution in [0.4, 0.5) is 0 Å². The summed E-state index contributed by atoms with van der Waals surface area (Å²) in [5.41, 5.74) is 9.15. The van der Waals surface area contributed by atoms with Gasteiger partial charge in [-0.1, -0.05) is 42.5 Å². The number of hydrogen-bond donors (Lipinski definition) is 3. The maximum absolute atomic E-state index is 13.1. The van der Waals surface area contributed by atoms with Gasteiger partial charge in [0.2, 0.25) is 0 Å². The van der Waals surface area contributed by atoms with Crippen LogP contribution in [-0.4, -0.2) is 14.5 Å². The third-order valence-electron chi connectivity index (χ3n) is 4.81. The van der Waals surface area contributed by atoms with E-state index in [0.29, 0.717) is 44.7 Å². The number of nitrogens with one attached hydrogen (secondary N) is 3. The number of pyridine rings is 1. The van der Waals surface area contributed by atoms with Crippen LogP contribution in [0.25, 0.3) is 22.9 Å². The van der Waals surface area contributed by atoms with E-state index in [4.69, 9.17) is 12.2 Å². The Balaban J connectivity index is 1.63. The molecule has 0 aliphatic heterocycles. The highest BCUT2D eigenvalue weighted by Gasteiger charge is 2.15. The Morgan fingerprint density at radius 1 is 1.20 bits per heavy atom. The Kier molecular flexibility index (Phi) is 5.28.